The van der Waals surface area contributed by atoms with Crippen molar-refractivity contribution in [3.63, 3.8) is 0 Å². The van der Waals surface area contributed by atoms with Crippen LogP contribution in [0.1, 0.15) is 12.6 Å². The average molecular weight is 300 g/mol. The van der Waals surface area contributed by atoms with Crippen LogP contribution in [-0.2, 0) is 0 Å². The van der Waals surface area contributed by atoms with E-state index in [0.29, 0.717) is 5.69 Å². The van der Waals surface area contributed by atoms with Crippen molar-refractivity contribution in [3.05, 3.63) is 17.8 Å². The molecule has 0 saturated carbocycles. The van der Waals surface area contributed by atoms with E-state index in [9.17, 15) is 5.26 Å². The molecule has 2 saturated heterocycles. The van der Waals surface area contributed by atoms with Gasteiger partial charge in [-0.1, -0.05) is 6.92 Å². The summed E-state index contributed by atoms with van der Waals surface area (Å²) in [6.07, 6.45) is 0. The van der Waals surface area contributed by atoms with Gasteiger partial charge >= 0.3 is 0 Å². The Balaban J connectivity index is 1.80. The molecule has 2 aliphatic rings. The first kappa shape index (κ1) is 15.1. The molecular formula is C16H24N6. The van der Waals surface area contributed by atoms with E-state index in [0.717, 1.165) is 70.4 Å². The highest BCUT2D eigenvalue weighted by atomic mass is 15.3. The van der Waals surface area contributed by atoms with Crippen LogP contribution in [0.5, 0.6) is 0 Å². The molecule has 0 spiro atoms. The molecule has 22 heavy (non-hydrogen) atoms. The van der Waals surface area contributed by atoms with Crippen molar-refractivity contribution in [1.29, 1.82) is 5.26 Å². The van der Waals surface area contributed by atoms with Crippen molar-refractivity contribution in [2.75, 3.05) is 68.7 Å². The predicted octanol–water partition coefficient (Wildman–Crippen LogP) is 0.505. The zero-order valence-electron chi connectivity index (χ0n) is 13.3. The zero-order valence-corrected chi connectivity index (χ0v) is 13.3. The van der Waals surface area contributed by atoms with Gasteiger partial charge in [-0.3, -0.25) is 0 Å². The smallest absolute Gasteiger partial charge is 0.144 e. The highest BCUT2D eigenvalue weighted by Crippen LogP contribution is 2.23. The average Bonchev–Trinajstić information content (AvgIpc) is 2.62. The maximum atomic E-state index is 9.29. The molecule has 1 aromatic heterocycles. The summed E-state index contributed by atoms with van der Waals surface area (Å²) in [5, 5.41) is 12.7. The standard InChI is InChI=1S/C16H24N6/c1-2-20-7-9-22(10-8-20)16-12-15(11-14(13-17)19-16)21-5-3-18-4-6-21/h11-12,18H,2-10H2,1H3. The van der Waals surface area contributed by atoms with Crippen molar-refractivity contribution >= 4 is 11.5 Å². The lowest BCUT2D eigenvalue weighted by molar-refractivity contribution is 0.270. The lowest BCUT2D eigenvalue weighted by Crippen LogP contribution is -2.46. The third-order valence-electron chi connectivity index (χ3n) is 4.54. The van der Waals surface area contributed by atoms with Gasteiger partial charge in [-0.05, 0) is 12.6 Å². The number of nitrogens with zero attached hydrogens (tertiary/aromatic N) is 5. The number of aromatic nitrogens is 1. The monoisotopic (exact) mass is 300 g/mol. The summed E-state index contributed by atoms with van der Waals surface area (Å²) in [5.74, 6) is 0.948. The Morgan fingerprint density at radius 3 is 2.45 bits per heavy atom. The number of nitriles is 1. The molecule has 2 aliphatic heterocycles. The maximum absolute atomic E-state index is 9.29. The molecular weight excluding hydrogens is 276 g/mol. The Labute approximate surface area is 132 Å². The normalized spacial score (nSPS) is 20.0. The van der Waals surface area contributed by atoms with Crippen LogP contribution in [0.15, 0.2) is 12.1 Å². The van der Waals surface area contributed by atoms with Crippen LogP contribution in [0.3, 0.4) is 0 Å². The fraction of sp³-hybridized carbons (Fsp3) is 0.625. The summed E-state index contributed by atoms with van der Waals surface area (Å²) >= 11 is 0. The van der Waals surface area contributed by atoms with Gasteiger partial charge in [-0.25, -0.2) is 4.98 Å². The number of hydrogen-bond acceptors (Lipinski definition) is 6. The maximum Gasteiger partial charge on any atom is 0.144 e. The van der Waals surface area contributed by atoms with E-state index in [1.54, 1.807) is 0 Å². The predicted molar refractivity (Wildman–Crippen MR) is 88.4 cm³/mol. The quantitative estimate of drug-likeness (QED) is 0.877. The lowest BCUT2D eigenvalue weighted by atomic mass is 10.2. The first-order valence-electron chi connectivity index (χ1n) is 8.15. The Kier molecular flexibility index (Phi) is 4.76. The second-order valence-corrected chi connectivity index (χ2v) is 5.84. The largest absolute Gasteiger partial charge is 0.369 e. The van der Waals surface area contributed by atoms with Crippen LogP contribution >= 0.6 is 0 Å². The molecule has 2 fully saturated rings. The van der Waals surface area contributed by atoms with Crippen molar-refractivity contribution < 1.29 is 0 Å². The van der Waals surface area contributed by atoms with Crippen LogP contribution in [0, 0.1) is 11.3 Å². The summed E-state index contributed by atoms with van der Waals surface area (Å²) in [7, 11) is 0. The number of anilines is 2. The van der Waals surface area contributed by atoms with Gasteiger partial charge in [-0.15, -0.1) is 0 Å². The molecule has 0 bridgehead atoms. The molecule has 0 atom stereocenters. The molecule has 1 N–H and O–H groups in total. The van der Waals surface area contributed by atoms with E-state index in [-0.39, 0.29) is 0 Å². The molecule has 6 nitrogen and oxygen atoms in total. The van der Waals surface area contributed by atoms with Gasteiger partial charge < -0.3 is 20.0 Å². The number of rotatable bonds is 3. The SMILES string of the molecule is CCN1CCN(c2cc(N3CCNCC3)cc(C#N)n2)CC1. The Morgan fingerprint density at radius 2 is 1.82 bits per heavy atom. The Hall–Kier alpha value is -1.84. The van der Waals surface area contributed by atoms with E-state index >= 15 is 0 Å². The lowest BCUT2D eigenvalue weighted by Gasteiger charge is -2.35. The summed E-state index contributed by atoms with van der Waals surface area (Å²) in [4.78, 5) is 11.6. The van der Waals surface area contributed by atoms with E-state index < -0.39 is 0 Å². The first-order chi connectivity index (χ1) is 10.8. The third kappa shape index (κ3) is 3.32. The number of hydrogen-bond donors (Lipinski definition) is 1. The Morgan fingerprint density at radius 1 is 1.09 bits per heavy atom. The summed E-state index contributed by atoms with van der Waals surface area (Å²) in [6, 6.07) is 6.28. The Bertz CT molecular complexity index is 538. The van der Waals surface area contributed by atoms with Crippen LogP contribution in [0.2, 0.25) is 0 Å². The van der Waals surface area contributed by atoms with E-state index in [2.05, 4.69) is 44.1 Å². The van der Waals surface area contributed by atoms with Crippen molar-refractivity contribution in [1.82, 2.24) is 15.2 Å². The third-order valence-corrected chi connectivity index (χ3v) is 4.54. The summed E-state index contributed by atoms with van der Waals surface area (Å²) in [6.45, 7) is 11.4. The van der Waals surface area contributed by atoms with Crippen LogP contribution < -0.4 is 15.1 Å². The minimum atomic E-state index is 0.518. The molecule has 1 aromatic rings. The van der Waals surface area contributed by atoms with Gasteiger partial charge in [-0.2, -0.15) is 5.26 Å². The topological polar surface area (TPSA) is 58.4 Å². The fourth-order valence-electron chi connectivity index (χ4n) is 3.12. The van der Waals surface area contributed by atoms with Crippen molar-refractivity contribution in [3.8, 4) is 6.07 Å². The number of likely N-dealkylation sites (N-methyl/N-ethyl adjacent to an activating group) is 1. The second kappa shape index (κ2) is 6.95. The van der Waals surface area contributed by atoms with Crippen molar-refractivity contribution in [2.45, 2.75) is 6.92 Å². The van der Waals surface area contributed by atoms with E-state index in [1.165, 1.54) is 0 Å². The molecule has 0 amide bonds. The molecule has 0 aliphatic carbocycles. The summed E-state index contributed by atoms with van der Waals surface area (Å²) < 4.78 is 0. The highest BCUT2D eigenvalue weighted by Gasteiger charge is 2.19. The molecule has 0 aromatic carbocycles. The van der Waals surface area contributed by atoms with Crippen molar-refractivity contribution in [2.24, 2.45) is 0 Å². The minimum absolute atomic E-state index is 0.518. The van der Waals surface area contributed by atoms with E-state index in [1.807, 2.05) is 6.07 Å². The number of piperazine rings is 2. The summed E-state index contributed by atoms with van der Waals surface area (Å²) in [5.41, 5.74) is 1.64. The van der Waals surface area contributed by atoms with Gasteiger partial charge in [0.1, 0.15) is 17.6 Å². The number of pyridine rings is 1. The molecule has 6 heteroatoms. The number of nitrogens with one attached hydrogen (secondary N) is 1. The van der Waals surface area contributed by atoms with Crippen LogP contribution in [0.4, 0.5) is 11.5 Å². The first-order valence-corrected chi connectivity index (χ1v) is 8.15. The van der Waals surface area contributed by atoms with Gasteiger partial charge in [0, 0.05) is 64.1 Å². The second-order valence-electron chi connectivity index (χ2n) is 5.84. The molecule has 118 valence electrons. The molecule has 0 radical (unpaired) electrons. The van der Waals surface area contributed by atoms with Crippen LogP contribution in [0.25, 0.3) is 0 Å². The van der Waals surface area contributed by atoms with Gasteiger partial charge in [0.2, 0.25) is 0 Å². The van der Waals surface area contributed by atoms with Gasteiger partial charge in [0.25, 0.3) is 0 Å². The van der Waals surface area contributed by atoms with Crippen LogP contribution in [-0.4, -0.2) is 68.8 Å². The fourth-order valence-corrected chi connectivity index (χ4v) is 3.12. The van der Waals surface area contributed by atoms with E-state index in [4.69, 9.17) is 0 Å². The highest BCUT2D eigenvalue weighted by molar-refractivity contribution is 5.58. The van der Waals surface area contributed by atoms with Gasteiger partial charge in [0.15, 0.2) is 0 Å². The molecule has 3 rings (SSSR count). The van der Waals surface area contributed by atoms with Gasteiger partial charge in [0.05, 0.1) is 0 Å². The minimum Gasteiger partial charge on any atom is -0.369 e. The molecule has 0 unspecified atom stereocenters. The molecule has 3 heterocycles. The zero-order chi connectivity index (χ0) is 15.4.